The number of rotatable bonds is 8. The topological polar surface area (TPSA) is 77.7 Å². The number of likely N-dealkylation sites (tertiary alicyclic amines) is 1. The summed E-state index contributed by atoms with van der Waals surface area (Å²) in [6, 6.07) is 14.3. The Hall–Kier alpha value is -3.19. The Morgan fingerprint density at radius 3 is 2.52 bits per heavy atom. The van der Waals surface area contributed by atoms with Gasteiger partial charge in [-0.15, -0.1) is 0 Å². The number of carbonyl (C=O) groups is 1. The van der Waals surface area contributed by atoms with E-state index in [1.165, 1.54) is 30.6 Å². The van der Waals surface area contributed by atoms with Crippen molar-refractivity contribution in [2.45, 2.75) is 33.1 Å². The van der Waals surface area contributed by atoms with Crippen LogP contribution in [-0.4, -0.2) is 48.5 Å². The van der Waals surface area contributed by atoms with E-state index in [1.54, 1.807) is 47.4 Å². The molecule has 0 saturated carbocycles. The number of hydrogen-bond donors (Lipinski definition) is 2. The van der Waals surface area contributed by atoms with Crippen LogP contribution in [0.4, 0.5) is 0 Å². The summed E-state index contributed by atoms with van der Waals surface area (Å²) in [7, 11) is 0. The summed E-state index contributed by atoms with van der Waals surface area (Å²) in [6.45, 7) is 8.89. The minimum Gasteiger partial charge on any atom is -0.494 e. The number of hydrogen-bond acceptors (Lipinski definition) is 4. The second-order valence-corrected chi connectivity index (χ2v) is 8.83. The van der Waals surface area contributed by atoms with E-state index in [0.29, 0.717) is 29.6 Å². The molecule has 7 heteroatoms. The van der Waals surface area contributed by atoms with Gasteiger partial charge in [0.1, 0.15) is 5.75 Å². The number of amides is 1. The molecule has 0 aliphatic carbocycles. The summed E-state index contributed by atoms with van der Waals surface area (Å²) in [4.78, 5) is 27.8. The number of nitrogens with zero attached hydrogens (tertiary/aromatic N) is 2. The molecule has 7 nitrogen and oxygen atoms in total. The first-order chi connectivity index (χ1) is 16.1. The van der Waals surface area contributed by atoms with Crippen LogP contribution in [0.2, 0.25) is 0 Å². The van der Waals surface area contributed by atoms with Crippen LogP contribution in [0.25, 0.3) is 16.5 Å². The van der Waals surface area contributed by atoms with Gasteiger partial charge in [-0.25, -0.2) is 0 Å². The first-order valence-electron chi connectivity index (χ1n) is 11.9. The summed E-state index contributed by atoms with van der Waals surface area (Å²) in [5.41, 5.74) is 0.596. The van der Waals surface area contributed by atoms with Gasteiger partial charge in [-0.3, -0.25) is 9.59 Å². The van der Waals surface area contributed by atoms with Crippen molar-refractivity contribution in [3.05, 3.63) is 64.6 Å². The van der Waals surface area contributed by atoms with Crippen molar-refractivity contribution in [3.8, 4) is 11.4 Å². The minimum atomic E-state index is -0.256. The van der Waals surface area contributed by atoms with Crippen LogP contribution < -0.4 is 20.5 Å². The number of quaternary nitrogens is 1. The number of nitrogens with one attached hydrogen (secondary N) is 2. The van der Waals surface area contributed by atoms with Crippen LogP contribution >= 0.6 is 0 Å². The maximum atomic E-state index is 13.1. The molecule has 1 aliphatic heterocycles. The van der Waals surface area contributed by atoms with Gasteiger partial charge >= 0.3 is 0 Å². The normalized spacial score (nSPS) is 18.2. The van der Waals surface area contributed by atoms with Gasteiger partial charge in [0.2, 0.25) is 0 Å². The van der Waals surface area contributed by atoms with E-state index in [9.17, 15) is 9.59 Å². The number of carbonyl (C=O) groups excluding carboxylic acids is 1. The van der Waals surface area contributed by atoms with Crippen molar-refractivity contribution in [2.24, 2.45) is 5.92 Å². The number of aromatic nitrogens is 2. The molecule has 1 fully saturated rings. The van der Waals surface area contributed by atoms with Crippen LogP contribution in [0.5, 0.6) is 5.75 Å². The van der Waals surface area contributed by atoms with Gasteiger partial charge in [0.05, 0.1) is 37.3 Å². The van der Waals surface area contributed by atoms with E-state index >= 15 is 0 Å². The smallest absolute Gasteiger partial charge is 0.279 e. The van der Waals surface area contributed by atoms with Crippen LogP contribution in [0.15, 0.2) is 53.3 Å². The van der Waals surface area contributed by atoms with Crippen LogP contribution in [0.3, 0.4) is 0 Å². The fraction of sp³-hybridized carbons (Fsp3) is 0.423. The summed E-state index contributed by atoms with van der Waals surface area (Å²) in [6.07, 6.45) is 3.49. The number of fused-ring (bicyclic) bond motifs is 1. The Labute approximate surface area is 194 Å². The number of ether oxygens (including phenoxy) is 1. The molecule has 0 unspecified atom stereocenters. The van der Waals surface area contributed by atoms with Crippen molar-refractivity contribution < 1.29 is 14.4 Å². The first kappa shape index (κ1) is 23.0. The summed E-state index contributed by atoms with van der Waals surface area (Å²) < 4.78 is 6.79. The van der Waals surface area contributed by atoms with E-state index in [1.807, 2.05) is 13.0 Å². The van der Waals surface area contributed by atoms with Gasteiger partial charge in [0, 0.05) is 18.4 Å². The zero-order valence-electron chi connectivity index (χ0n) is 19.5. The van der Waals surface area contributed by atoms with E-state index in [2.05, 4.69) is 17.3 Å². The van der Waals surface area contributed by atoms with E-state index in [-0.39, 0.29) is 17.2 Å². The average molecular weight is 450 g/mol. The van der Waals surface area contributed by atoms with Crippen molar-refractivity contribution >= 4 is 16.7 Å². The molecule has 174 valence electrons. The molecule has 2 aromatic carbocycles. The molecular weight excluding hydrogens is 416 g/mol. The summed E-state index contributed by atoms with van der Waals surface area (Å²) >= 11 is 0. The maximum Gasteiger partial charge on any atom is 0.279 e. The SMILES string of the molecule is CCOc1ccc(-n2nc(C(=O)NCCC[NH+]3CCC(C)CC3)c3ccccc3c2=O)cc1. The molecule has 0 atom stereocenters. The molecule has 2 heterocycles. The monoisotopic (exact) mass is 449 g/mol. The molecule has 0 bridgehead atoms. The third kappa shape index (κ3) is 5.42. The summed E-state index contributed by atoms with van der Waals surface area (Å²) in [5, 5.41) is 8.52. The van der Waals surface area contributed by atoms with Gasteiger partial charge < -0.3 is 15.0 Å². The molecule has 0 radical (unpaired) electrons. The van der Waals surface area contributed by atoms with Crippen LogP contribution in [-0.2, 0) is 0 Å². The fourth-order valence-electron chi connectivity index (χ4n) is 4.43. The van der Waals surface area contributed by atoms with Crippen molar-refractivity contribution in [2.75, 3.05) is 32.8 Å². The van der Waals surface area contributed by atoms with E-state index in [0.717, 1.165) is 24.6 Å². The Morgan fingerprint density at radius 1 is 1.12 bits per heavy atom. The minimum absolute atomic E-state index is 0.255. The van der Waals surface area contributed by atoms with Gasteiger partial charge in [-0.2, -0.15) is 9.78 Å². The van der Waals surface area contributed by atoms with Gasteiger partial charge in [-0.1, -0.05) is 25.1 Å². The van der Waals surface area contributed by atoms with Gasteiger partial charge in [0.15, 0.2) is 5.69 Å². The number of piperidine rings is 1. The zero-order chi connectivity index (χ0) is 23.2. The quantitative estimate of drug-likeness (QED) is 0.517. The fourth-order valence-corrected chi connectivity index (χ4v) is 4.43. The van der Waals surface area contributed by atoms with Crippen LogP contribution in [0, 0.1) is 5.92 Å². The zero-order valence-corrected chi connectivity index (χ0v) is 19.5. The molecule has 1 aliphatic rings. The maximum absolute atomic E-state index is 13.1. The highest BCUT2D eigenvalue weighted by molar-refractivity contribution is 6.04. The Kier molecular flexibility index (Phi) is 7.40. The number of benzene rings is 2. The third-order valence-corrected chi connectivity index (χ3v) is 6.39. The van der Waals surface area contributed by atoms with Crippen molar-refractivity contribution in [1.82, 2.24) is 15.1 Å². The van der Waals surface area contributed by atoms with E-state index < -0.39 is 0 Å². The molecule has 0 spiro atoms. The lowest BCUT2D eigenvalue weighted by molar-refractivity contribution is -0.906. The molecule has 1 aromatic heterocycles. The van der Waals surface area contributed by atoms with Gasteiger partial charge in [0.25, 0.3) is 11.5 Å². The van der Waals surface area contributed by atoms with Crippen molar-refractivity contribution in [3.63, 3.8) is 0 Å². The Morgan fingerprint density at radius 2 is 1.82 bits per heavy atom. The lowest BCUT2D eigenvalue weighted by Gasteiger charge is -2.27. The highest BCUT2D eigenvalue weighted by atomic mass is 16.5. The molecule has 3 aromatic rings. The Balaban J connectivity index is 1.52. The molecule has 1 saturated heterocycles. The van der Waals surface area contributed by atoms with Crippen LogP contribution in [0.1, 0.15) is 43.6 Å². The molecule has 33 heavy (non-hydrogen) atoms. The van der Waals surface area contributed by atoms with Crippen molar-refractivity contribution in [1.29, 1.82) is 0 Å². The molecular formula is C26H33N4O3+. The predicted octanol–water partition coefficient (Wildman–Crippen LogP) is 2.22. The molecule has 2 N–H and O–H groups in total. The lowest BCUT2D eigenvalue weighted by atomic mass is 9.99. The van der Waals surface area contributed by atoms with E-state index in [4.69, 9.17) is 4.74 Å². The highest BCUT2D eigenvalue weighted by Crippen LogP contribution is 2.17. The molecule has 4 rings (SSSR count). The second-order valence-electron chi connectivity index (χ2n) is 8.83. The van der Waals surface area contributed by atoms with Gasteiger partial charge in [-0.05, 0) is 56.0 Å². The summed E-state index contributed by atoms with van der Waals surface area (Å²) in [5.74, 6) is 1.30. The largest absolute Gasteiger partial charge is 0.494 e. The Bertz CT molecular complexity index is 1150. The third-order valence-electron chi connectivity index (χ3n) is 6.39. The standard InChI is InChI=1S/C26H32N4O3/c1-3-33-21-11-9-20(10-12-21)30-26(32)23-8-5-4-7-22(23)24(28-30)25(31)27-15-6-16-29-17-13-19(2)14-18-29/h4-5,7-12,19H,3,6,13-18H2,1-2H3,(H,27,31)/p+1. The predicted molar refractivity (Wildman–Crippen MR) is 129 cm³/mol. The second kappa shape index (κ2) is 10.6. The molecule has 1 amide bonds. The first-order valence-corrected chi connectivity index (χ1v) is 11.9. The average Bonchev–Trinajstić information content (AvgIpc) is 2.84. The lowest BCUT2D eigenvalue weighted by Crippen LogP contribution is -3.13. The highest BCUT2D eigenvalue weighted by Gasteiger charge is 2.20.